The molecular formula is C26H29N5O4. The highest BCUT2D eigenvalue weighted by atomic mass is 16.2. The van der Waals surface area contributed by atoms with E-state index in [1.807, 2.05) is 23.1 Å². The first-order chi connectivity index (χ1) is 16.8. The number of carbonyl (C=O) groups excluding carboxylic acids is 4. The Labute approximate surface area is 203 Å². The maximum Gasteiger partial charge on any atom is 0.268 e. The summed E-state index contributed by atoms with van der Waals surface area (Å²) in [5, 5.41) is 3.02. The van der Waals surface area contributed by atoms with Gasteiger partial charge in [0.2, 0.25) is 17.7 Å². The fraction of sp³-hybridized carbons (Fsp3) is 0.308. The molecule has 2 aliphatic rings. The van der Waals surface area contributed by atoms with E-state index < -0.39 is 17.9 Å². The van der Waals surface area contributed by atoms with E-state index in [0.717, 1.165) is 18.4 Å². The second kappa shape index (κ2) is 10.4. The molecule has 35 heavy (non-hydrogen) atoms. The molecule has 182 valence electrons. The van der Waals surface area contributed by atoms with Crippen molar-refractivity contribution in [3.8, 4) is 0 Å². The first kappa shape index (κ1) is 24.0. The predicted octanol–water partition coefficient (Wildman–Crippen LogP) is 2.13. The molecule has 0 saturated carbocycles. The lowest BCUT2D eigenvalue weighted by molar-refractivity contribution is -0.139. The summed E-state index contributed by atoms with van der Waals surface area (Å²) < 4.78 is 0. The van der Waals surface area contributed by atoms with E-state index in [2.05, 4.69) is 0 Å². The monoisotopic (exact) mass is 475 g/mol. The number of piperidine rings is 2. The van der Waals surface area contributed by atoms with Crippen molar-refractivity contribution >= 4 is 35.0 Å². The number of anilines is 2. The number of nitrogens with two attached hydrogens (primary N) is 2. The molecule has 1 atom stereocenters. The second-order valence-corrected chi connectivity index (χ2v) is 8.76. The van der Waals surface area contributed by atoms with Crippen LogP contribution in [0.2, 0.25) is 0 Å². The highest BCUT2D eigenvalue weighted by Crippen LogP contribution is 2.31. The highest BCUT2D eigenvalue weighted by molar-refractivity contribution is 6.02. The second-order valence-electron chi connectivity index (χ2n) is 8.76. The van der Waals surface area contributed by atoms with Crippen molar-refractivity contribution in [2.75, 3.05) is 23.0 Å². The van der Waals surface area contributed by atoms with Crippen LogP contribution in [0.15, 0.2) is 66.2 Å². The molecule has 2 fully saturated rings. The first-order valence-corrected chi connectivity index (χ1v) is 11.7. The quantitative estimate of drug-likeness (QED) is 0.618. The van der Waals surface area contributed by atoms with Crippen LogP contribution in [0.5, 0.6) is 0 Å². The van der Waals surface area contributed by atoms with E-state index in [9.17, 15) is 19.2 Å². The third-order valence-corrected chi connectivity index (χ3v) is 6.33. The minimum atomic E-state index is -0.641. The SMILES string of the molecule is NC(=O)C=C1CCC(C(=O)N(c2ccccc2)N2CCCCC2=O)N(c2cccc(C(N)=O)c2)C1. The van der Waals surface area contributed by atoms with Gasteiger partial charge in [-0.05, 0) is 61.6 Å². The summed E-state index contributed by atoms with van der Waals surface area (Å²) in [7, 11) is 0. The third kappa shape index (κ3) is 5.34. The molecule has 9 heteroatoms. The predicted molar refractivity (Wildman–Crippen MR) is 132 cm³/mol. The Morgan fingerprint density at radius 3 is 2.43 bits per heavy atom. The molecular weight excluding hydrogens is 446 g/mol. The number of para-hydroxylation sites is 1. The molecule has 0 radical (unpaired) electrons. The maximum atomic E-state index is 14.2. The Hall–Kier alpha value is -4.14. The number of hydrogen-bond donors (Lipinski definition) is 2. The molecule has 0 spiro atoms. The van der Waals surface area contributed by atoms with Gasteiger partial charge >= 0.3 is 0 Å². The van der Waals surface area contributed by atoms with Gasteiger partial charge in [-0.2, -0.15) is 0 Å². The smallest absolute Gasteiger partial charge is 0.268 e. The number of nitrogens with zero attached hydrogens (tertiary/aromatic N) is 3. The zero-order valence-corrected chi connectivity index (χ0v) is 19.4. The average Bonchev–Trinajstić information content (AvgIpc) is 2.85. The zero-order chi connectivity index (χ0) is 24.9. The van der Waals surface area contributed by atoms with E-state index in [-0.39, 0.29) is 18.4 Å². The van der Waals surface area contributed by atoms with Crippen molar-refractivity contribution in [3.05, 3.63) is 71.8 Å². The van der Waals surface area contributed by atoms with Crippen molar-refractivity contribution in [2.45, 2.75) is 38.1 Å². The lowest BCUT2D eigenvalue weighted by atomic mass is 9.95. The molecule has 2 aromatic carbocycles. The summed E-state index contributed by atoms with van der Waals surface area (Å²) in [4.78, 5) is 52.2. The molecule has 2 saturated heterocycles. The van der Waals surface area contributed by atoms with E-state index in [1.54, 1.807) is 36.4 Å². The van der Waals surface area contributed by atoms with Gasteiger partial charge in [-0.15, -0.1) is 0 Å². The normalized spacial score (nSPS) is 19.5. The summed E-state index contributed by atoms with van der Waals surface area (Å²) in [5.41, 5.74) is 13.2. The van der Waals surface area contributed by atoms with E-state index in [1.165, 1.54) is 16.1 Å². The third-order valence-electron chi connectivity index (χ3n) is 6.33. The largest absolute Gasteiger partial charge is 0.366 e. The molecule has 2 aliphatic heterocycles. The Kier molecular flexibility index (Phi) is 7.14. The minimum Gasteiger partial charge on any atom is -0.366 e. The molecule has 4 amide bonds. The highest BCUT2D eigenvalue weighted by Gasteiger charge is 2.38. The van der Waals surface area contributed by atoms with Gasteiger partial charge in [-0.25, -0.2) is 10.0 Å². The number of benzene rings is 2. The topological polar surface area (TPSA) is 130 Å². The van der Waals surface area contributed by atoms with Crippen LogP contribution >= 0.6 is 0 Å². The number of hydrazine groups is 1. The molecule has 4 rings (SSSR count). The van der Waals surface area contributed by atoms with E-state index >= 15 is 0 Å². The van der Waals surface area contributed by atoms with E-state index in [4.69, 9.17) is 11.5 Å². The summed E-state index contributed by atoms with van der Waals surface area (Å²) in [6, 6.07) is 15.2. The van der Waals surface area contributed by atoms with Gasteiger partial charge in [0.15, 0.2) is 0 Å². The van der Waals surface area contributed by atoms with Gasteiger partial charge in [0.05, 0.1) is 5.69 Å². The molecule has 0 aromatic heterocycles. The van der Waals surface area contributed by atoms with Gasteiger partial charge in [0.1, 0.15) is 6.04 Å². The number of hydrogen-bond acceptors (Lipinski definition) is 5. The Bertz CT molecular complexity index is 1160. The fourth-order valence-corrected chi connectivity index (χ4v) is 4.67. The molecule has 0 aliphatic carbocycles. The van der Waals surface area contributed by atoms with Crippen LogP contribution < -0.4 is 21.4 Å². The summed E-state index contributed by atoms with van der Waals surface area (Å²) >= 11 is 0. The Balaban J connectivity index is 1.75. The van der Waals surface area contributed by atoms with Crippen LogP contribution in [0.25, 0.3) is 0 Å². The van der Waals surface area contributed by atoms with Gasteiger partial charge in [-0.3, -0.25) is 19.2 Å². The van der Waals surface area contributed by atoms with Gasteiger partial charge in [0.25, 0.3) is 5.91 Å². The summed E-state index contributed by atoms with van der Waals surface area (Å²) in [6.45, 7) is 0.730. The molecule has 4 N–H and O–H groups in total. The number of carbonyl (C=O) groups is 4. The molecule has 1 unspecified atom stereocenters. The zero-order valence-electron chi connectivity index (χ0n) is 19.4. The fourth-order valence-electron chi connectivity index (χ4n) is 4.67. The van der Waals surface area contributed by atoms with Crippen LogP contribution in [-0.2, 0) is 14.4 Å². The molecule has 2 heterocycles. The van der Waals surface area contributed by atoms with Crippen molar-refractivity contribution in [3.63, 3.8) is 0 Å². The molecule has 9 nitrogen and oxygen atoms in total. The van der Waals surface area contributed by atoms with E-state index in [0.29, 0.717) is 42.7 Å². The maximum absolute atomic E-state index is 14.2. The average molecular weight is 476 g/mol. The Morgan fingerprint density at radius 2 is 1.74 bits per heavy atom. The minimum absolute atomic E-state index is 0.0964. The summed E-state index contributed by atoms with van der Waals surface area (Å²) in [6.07, 6.45) is 4.28. The number of rotatable bonds is 6. The molecule has 2 aromatic rings. The summed E-state index contributed by atoms with van der Waals surface area (Å²) in [5.74, 6) is -1.49. The van der Waals surface area contributed by atoms with Crippen molar-refractivity contribution in [1.29, 1.82) is 0 Å². The molecule has 0 bridgehead atoms. The van der Waals surface area contributed by atoms with Crippen LogP contribution in [0.3, 0.4) is 0 Å². The first-order valence-electron chi connectivity index (χ1n) is 11.7. The van der Waals surface area contributed by atoms with Crippen LogP contribution in [0, 0.1) is 0 Å². The van der Waals surface area contributed by atoms with Crippen LogP contribution in [-0.4, -0.2) is 47.8 Å². The van der Waals surface area contributed by atoms with Gasteiger partial charge in [0, 0.05) is 36.8 Å². The number of primary amides is 2. The number of amides is 4. The van der Waals surface area contributed by atoms with Crippen molar-refractivity contribution in [2.24, 2.45) is 11.5 Å². The van der Waals surface area contributed by atoms with Crippen molar-refractivity contribution < 1.29 is 19.2 Å². The van der Waals surface area contributed by atoms with Gasteiger partial charge in [-0.1, -0.05) is 24.3 Å². The standard InChI is InChI=1S/C26H29N5O4/c27-23(32)15-18-12-13-22(29(17-18)21-10-6-7-19(16-21)25(28)34)26(35)31(20-8-2-1-3-9-20)30-14-5-4-11-24(30)33/h1-3,6-10,15-16,22H,4-5,11-14,17H2,(H2,27,32)(H2,28,34). The van der Waals surface area contributed by atoms with Crippen LogP contribution in [0.1, 0.15) is 42.5 Å². The van der Waals surface area contributed by atoms with Crippen LogP contribution in [0.4, 0.5) is 11.4 Å². The van der Waals surface area contributed by atoms with Gasteiger partial charge < -0.3 is 16.4 Å². The lowest BCUT2D eigenvalue weighted by Crippen LogP contribution is -2.59. The lowest BCUT2D eigenvalue weighted by Gasteiger charge is -2.43. The Morgan fingerprint density at radius 1 is 0.971 bits per heavy atom. The van der Waals surface area contributed by atoms with Crippen molar-refractivity contribution in [1.82, 2.24) is 5.01 Å².